The van der Waals surface area contributed by atoms with E-state index < -0.39 is 34.4 Å². The molecule has 1 fully saturated rings. The smallest absolute Gasteiger partial charge is 0.338 e. The summed E-state index contributed by atoms with van der Waals surface area (Å²) in [7, 11) is 0. The van der Waals surface area contributed by atoms with Crippen molar-refractivity contribution in [1.82, 2.24) is 0 Å². The van der Waals surface area contributed by atoms with Crippen LogP contribution in [0.4, 0.5) is 11.4 Å². The molecule has 1 N–H and O–H groups in total. The van der Waals surface area contributed by atoms with E-state index >= 15 is 0 Å². The summed E-state index contributed by atoms with van der Waals surface area (Å²) in [4.78, 5) is 50.1. The molecule has 1 atom stereocenters. The molecule has 0 aliphatic carbocycles. The summed E-state index contributed by atoms with van der Waals surface area (Å²) in [6, 6.07) is 17.0. The Kier molecular flexibility index (Phi) is 6.98. The van der Waals surface area contributed by atoms with Crippen LogP contribution in [0.1, 0.15) is 34.5 Å². The fourth-order valence-corrected chi connectivity index (χ4v) is 4.19. The summed E-state index contributed by atoms with van der Waals surface area (Å²) >= 11 is 3.36. The Morgan fingerprint density at radius 2 is 1.58 bits per heavy atom. The molecule has 182 valence electrons. The fourth-order valence-electron chi connectivity index (χ4n) is 3.93. The minimum atomic E-state index is -0.985. The second kappa shape index (κ2) is 10.1. The van der Waals surface area contributed by atoms with Crippen molar-refractivity contribution >= 4 is 50.7 Å². The van der Waals surface area contributed by atoms with Gasteiger partial charge in [-0.3, -0.25) is 24.6 Å². The molecular formula is C26H19BrN2O7. The summed E-state index contributed by atoms with van der Waals surface area (Å²) in [5, 5.41) is 22.1. The molecule has 0 radical (unpaired) electrons. The van der Waals surface area contributed by atoms with Crippen LogP contribution in [-0.2, 0) is 14.3 Å². The number of rotatable bonds is 6. The van der Waals surface area contributed by atoms with Crippen LogP contribution < -0.4 is 4.90 Å². The summed E-state index contributed by atoms with van der Waals surface area (Å²) in [5.41, 5.74) is 0.974. The molecular weight excluding hydrogens is 532 g/mol. The number of carbonyl (C=O) groups is 3. The average molecular weight is 551 g/mol. The summed E-state index contributed by atoms with van der Waals surface area (Å²) < 4.78 is 5.77. The van der Waals surface area contributed by atoms with Gasteiger partial charge in [0.25, 0.3) is 17.4 Å². The zero-order chi connectivity index (χ0) is 26.0. The molecule has 1 aliphatic heterocycles. The van der Waals surface area contributed by atoms with Crippen molar-refractivity contribution in [2.75, 3.05) is 11.5 Å². The van der Waals surface area contributed by atoms with E-state index in [9.17, 15) is 29.6 Å². The van der Waals surface area contributed by atoms with Gasteiger partial charge in [0.15, 0.2) is 0 Å². The molecule has 9 nitrogen and oxygen atoms in total. The Morgan fingerprint density at radius 1 is 1.00 bits per heavy atom. The maximum absolute atomic E-state index is 13.2. The third-order valence-electron chi connectivity index (χ3n) is 5.64. The number of anilines is 1. The number of carbonyl (C=O) groups excluding carboxylic acids is 3. The number of amides is 1. The zero-order valence-corrected chi connectivity index (χ0v) is 20.5. The Hall–Kier alpha value is -4.31. The van der Waals surface area contributed by atoms with Crippen LogP contribution in [0.25, 0.3) is 5.76 Å². The number of nitrogens with zero attached hydrogens (tertiary/aromatic N) is 2. The number of hydrogen-bond donors (Lipinski definition) is 1. The van der Waals surface area contributed by atoms with Crippen LogP contribution in [0, 0.1) is 10.1 Å². The largest absolute Gasteiger partial charge is 0.507 e. The molecule has 3 aromatic rings. The van der Waals surface area contributed by atoms with Gasteiger partial charge in [-0.15, -0.1) is 0 Å². The molecule has 1 saturated heterocycles. The van der Waals surface area contributed by atoms with Crippen molar-refractivity contribution in [3.8, 4) is 0 Å². The lowest BCUT2D eigenvalue weighted by Gasteiger charge is -2.25. The number of benzene rings is 3. The number of nitro groups is 1. The number of ketones is 1. The topological polar surface area (TPSA) is 127 Å². The van der Waals surface area contributed by atoms with E-state index in [0.29, 0.717) is 11.3 Å². The van der Waals surface area contributed by atoms with E-state index in [1.54, 1.807) is 31.2 Å². The van der Waals surface area contributed by atoms with Crippen LogP contribution >= 0.6 is 15.9 Å². The maximum Gasteiger partial charge on any atom is 0.338 e. The molecule has 0 saturated carbocycles. The molecule has 1 aliphatic rings. The van der Waals surface area contributed by atoms with Crippen LogP contribution in [0.15, 0.2) is 82.8 Å². The fraction of sp³-hybridized carbons (Fsp3) is 0.115. The van der Waals surface area contributed by atoms with Crippen molar-refractivity contribution in [3.05, 3.63) is 110 Å². The molecule has 0 spiro atoms. The number of halogens is 1. The molecule has 0 aromatic heterocycles. The van der Waals surface area contributed by atoms with Crippen molar-refractivity contribution in [2.45, 2.75) is 13.0 Å². The lowest BCUT2D eigenvalue weighted by Crippen LogP contribution is -2.29. The molecule has 1 amide bonds. The summed E-state index contributed by atoms with van der Waals surface area (Å²) in [6.45, 7) is 1.90. The lowest BCUT2D eigenvalue weighted by molar-refractivity contribution is -0.384. The third kappa shape index (κ3) is 4.63. The van der Waals surface area contributed by atoms with E-state index in [2.05, 4.69) is 15.9 Å². The van der Waals surface area contributed by atoms with Gasteiger partial charge in [0.1, 0.15) is 5.76 Å². The quantitative estimate of drug-likeness (QED) is 0.112. The Labute approximate surface area is 213 Å². The molecule has 0 unspecified atom stereocenters. The third-order valence-corrected chi connectivity index (χ3v) is 6.17. The van der Waals surface area contributed by atoms with E-state index in [1.807, 2.05) is 0 Å². The van der Waals surface area contributed by atoms with Gasteiger partial charge < -0.3 is 9.84 Å². The van der Waals surface area contributed by atoms with E-state index in [4.69, 9.17) is 4.74 Å². The first kappa shape index (κ1) is 24.8. The Morgan fingerprint density at radius 3 is 2.14 bits per heavy atom. The standard InChI is InChI=1S/C26H19BrN2O7/c1-2-36-26(33)17-7-11-19(12-8-17)28-22(15-3-9-18(27)10-4-15)21(24(31)25(28)32)23(30)16-5-13-20(14-6-16)29(34)35/h3-14,22,30H,2H2,1H3/b23-21+/t22-/m0/s1. The van der Waals surface area contributed by atoms with Gasteiger partial charge >= 0.3 is 5.97 Å². The monoisotopic (exact) mass is 550 g/mol. The first-order valence-corrected chi connectivity index (χ1v) is 11.6. The predicted molar refractivity (Wildman–Crippen MR) is 134 cm³/mol. The molecule has 1 heterocycles. The van der Waals surface area contributed by atoms with Gasteiger partial charge in [0.2, 0.25) is 0 Å². The van der Waals surface area contributed by atoms with E-state index in [1.165, 1.54) is 53.4 Å². The average Bonchev–Trinajstić information content (AvgIpc) is 3.14. The first-order chi connectivity index (χ1) is 17.2. The Balaban J connectivity index is 1.84. The van der Waals surface area contributed by atoms with Gasteiger partial charge in [-0.1, -0.05) is 28.1 Å². The van der Waals surface area contributed by atoms with E-state index in [0.717, 1.165) is 4.47 Å². The second-order valence-corrected chi connectivity index (χ2v) is 8.71. The highest BCUT2D eigenvalue weighted by Gasteiger charge is 2.47. The highest BCUT2D eigenvalue weighted by atomic mass is 79.9. The van der Waals surface area contributed by atoms with E-state index in [-0.39, 0.29) is 29.0 Å². The SMILES string of the molecule is CCOC(=O)c1ccc(N2C(=O)C(=O)/C(=C(/O)c3ccc([N+](=O)[O-])cc3)[C@@H]2c2ccc(Br)cc2)cc1. The molecule has 10 heteroatoms. The van der Waals surface area contributed by atoms with Crippen LogP contribution in [0.2, 0.25) is 0 Å². The normalized spacial score (nSPS) is 16.7. The van der Waals surface area contributed by atoms with Crippen LogP contribution in [0.5, 0.6) is 0 Å². The van der Waals surface area contributed by atoms with Gasteiger partial charge in [0.05, 0.1) is 28.7 Å². The van der Waals surface area contributed by atoms with Gasteiger partial charge in [-0.25, -0.2) is 4.79 Å². The molecule has 0 bridgehead atoms. The minimum Gasteiger partial charge on any atom is -0.507 e. The van der Waals surface area contributed by atoms with Crippen molar-refractivity contribution in [2.24, 2.45) is 0 Å². The number of non-ortho nitro benzene ring substituents is 1. The number of ether oxygens (including phenoxy) is 1. The minimum absolute atomic E-state index is 0.151. The van der Waals surface area contributed by atoms with Crippen LogP contribution in [0.3, 0.4) is 0 Å². The lowest BCUT2D eigenvalue weighted by atomic mass is 9.95. The zero-order valence-electron chi connectivity index (χ0n) is 18.9. The number of hydrogen-bond acceptors (Lipinski definition) is 7. The number of nitro benzene ring substituents is 1. The molecule has 36 heavy (non-hydrogen) atoms. The Bertz CT molecular complexity index is 1380. The maximum atomic E-state index is 13.2. The molecule has 4 rings (SSSR count). The van der Waals surface area contributed by atoms with Crippen LogP contribution in [-0.4, -0.2) is 34.3 Å². The summed E-state index contributed by atoms with van der Waals surface area (Å²) in [5.74, 6) is -2.75. The van der Waals surface area contributed by atoms with Gasteiger partial charge in [-0.2, -0.15) is 0 Å². The second-order valence-electron chi connectivity index (χ2n) is 7.79. The van der Waals surface area contributed by atoms with Gasteiger partial charge in [-0.05, 0) is 61.0 Å². The van der Waals surface area contributed by atoms with Crippen molar-refractivity contribution < 1.29 is 29.2 Å². The number of aliphatic hydroxyl groups is 1. The van der Waals surface area contributed by atoms with Crippen molar-refractivity contribution in [1.29, 1.82) is 0 Å². The first-order valence-electron chi connectivity index (χ1n) is 10.8. The highest BCUT2D eigenvalue weighted by molar-refractivity contribution is 9.10. The highest BCUT2D eigenvalue weighted by Crippen LogP contribution is 2.42. The summed E-state index contributed by atoms with van der Waals surface area (Å²) in [6.07, 6.45) is 0. The number of esters is 1. The van der Waals surface area contributed by atoms with Gasteiger partial charge in [0, 0.05) is 27.9 Å². The molecule has 3 aromatic carbocycles. The number of aliphatic hydroxyl groups excluding tert-OH is 1. The predicted octanol–water partition coefficient (Wildman–Crippen LogP) is 5.16. The van der Waals surface area contributed by atoms with Crippen molar-refractivity contribution in [3.63, 3.8) is 0 Å². The number of Topliss-reactive ketones (excluding diaryl/α,β-unsaturated/α-hetero) is 1.